The van der Waals surface area contributed by atoms with Gasteiger partial charge in [-0.25, -0.2) is 9.59 Å². The average molecular weight is 433 g/mol. The maximum Gasteiger partial charge on any atom is 0.343 e. The Morgan fingerprint density at radius 2 is 2.03 bits per heavy atom. The second-order valence-corrected chi connectivity index (χ2v) is 8.75. The van der Waals surface area contributed by atoms with Crippen LogP contribution in [0.25, 0.3) is 0 Å². The Morgan fingerprint density at radius 1 is 1.29 bits per heavy atom. The van der Waals surface area contributed by atoms with Crippen LogP contribution < -0.4 is 4.74 Å². The van der Waals surface area contributed by atoms with Crippen LogP contribution in [0.1, 0.15) is 24.0 Å². The fraction of sp³-hybridized carbons (Fsp3) is 0.524. The zero-order valence-corrected chi connectivity index (χ0v) is 16.7. The van der Waals surface area contributed by atoms with Crippen LogP contribution in [0.3, 0.4) is 0 Å². The molecule has 5 N–H and O–H groups in total. The van der Waals surface area contributed by atoms with E-state index in [0.29, 0.717) is 24.9 Å². The molecule has 6 atom stereocenters. The number of hydrogen-bond acceptors (Lipinski definition) is 9. The van der Waals surface area contributed by atoms with Gasteiger partial charge in [0.15, 0.2) is 29.8 Å². The molecule has 1 fully saturated rings. The number of carboxylic acids is 1. The molecule has 0 amide bonds. The predicted molar refractivity (Wildman–Crippen MR) is 102 cm³/mol. The van der Waals surface area contributed by atoms with Gasteiger partial charge >= 0.3 is 11.9 Å². The maximum atomic E-state index is 12.3. The summed E-state index contributed by atoms with van der Waals surface area (Å²) in [5.41, 5.74) is -0.583. The summed E-state index contributed by atoms with van der Waals surface area (Å²) >= 11 is 0. The molecule has 0 saturated carbocycles. The number of rotatable bonds is 4. The van der Waals surface area contributed by atoms with Crippen molar-refractivity contribution in [3.63, 3.8) is 0 Å². The average Bonchev–Trinajstić information content (AvgIpc) is 3.09. The fourth-order valence-electron chi connectivity index (χ4n) is 5.88. The number of aliphatic carboxylic acids is 1. The molecule has 2 aliphatic carbocycles. The zero-order valence-electron chi connectivity index (χ0n) is 16.7. The van der Waals surface area contributed by atoms with Gasteiger partial charge in [-0.05, 0) is 44.1 Å². The molecule has 1 aromatic carbocycles. The summed E-state index contributed by atoms with van der Waals surface area (Å²) in [5.74, 6) is -2.95. The molecule has 5 rings (SSSR count). The third kappa shape index (κ3) is 2.41. The zero-order chi connectivity index (χ0) is 22.3. The van der Waals surface area contributed by atoms with Gasteiger partial charge in [0.2, 0.25) is 0 Å². The number of aliphatic hydroxyl groups is 3. The molecule has 2 aliphatic heterocycles. The van der Waals surface area contributed by atoms with Gasteiger partial charge in [-0.1, -0.05) is 6.07 Å². The number of benzene rings is 1. The van der Waals surface area contributed by atoms with Gasteiger partial charge in [0.05, 0.1) is 11.0 Å². The second kappa shape index (κ2) is 6.42. The number of carbonyl (C=O) groups excluding carboxylic acids is 1. The van der Waals surface area contributed by atoms with Crippen LogP contribution in [-0.4, -0.2) is 85.9 Å². The third-order valence-corrected chi connectivity index (χ3v) is 7.37. The lowest BCUT2D eigenvalue weighted by Gasteiger charge is -2.61. The quantitative estimate of drug-likeness (QED) is 0.374. The van der Waals surface area contributed by atoms with E-state index in [1.54, 1.807) is 0 Å². The Kier molecular flexibility index (Phi) is 4.20. The maximum absolute atomic E-state index is 12.3. The molecular weight excluding hydrogens is 410 g/mol. The first-order chi connectivity index (χ1) is 14.6. The van der Waals surface area contributed by atoms with E-state index >= 15 is 0 Å². The predicted octanol–water partition coefficient (Wildman–Crippen LogP) is -0.980. The van der Waals surface area contributed by atoms with E-state index in [4.69, 9.17) is 14.6 Å². The summed E-state index contributed by atoms with van der Waals surface area (Å²) in [4.78, 5) is 25.3. The molecule has 4 aliphatic rings. The van der Waals surface area contributed by atoms with Crippen LogP contribution in [0.15, 0.2) is 24.0 Å². The van der Waals surface area contributed by atoms with Gasteiger partial charge in [0.1, 0.15) is 5.76 Å². The number of esters is 1. The Balaban J connectivity index is 1.59. The Hall–Kier alpha value is -2.66. The van der Waals surface area contributed by atoms with Crippen molar-refractivity contribution in [1.82, 2.24) is 4.90 Å². The number of aromatic hydroxyl groups is 1. The Labute approximate surface area is 176 Å². The Bertz CT molecular complexity index is 1020. The van der Waals surface area contributed by atoms with Gasteiger partial charge in [-0.2, -0.15) is 0 Å². The van der Waals surface area contributed by atoms with Gasteiger partial charge in [0, 0.05) is 18.0 Å². The van der Waals surface area contributed by atoms with Crippen molar-refractivity contribution >= 4 is 11.9 Å². The van der Waals surface area contributed by atoms with Gasteiger partial charge in [0.25, 0.3) is 0 Å². The topological polar surface area (TPSA) is 157 Å². The molecule has 2 heterocycles. The van der Waals surface area contributed by atoms with Crippen molar-refractivity contribution in [3.05, 3.63) is 35.1 Å². The highest BCUT2D eigenvalue weighted by atomic mass is 16.6. The van der Waals surface area contributed by atoms with E-state index in [9.17, 15) is 30.0 Å². The minimum atomic E-state index is -2.34. The number of carbonyl (C=O) groups is 2. The number of aliphatic hydroxyl groups excluding tert-OH is 2. The molecule has 0 aromatic heterocycles. The molecule has 31 heavy (non-hydrogen) atoms. The minimum Gasteiger partial charge on any atom is -0.504 e. The van der Waals surface area contributed by atoms with Crippen LogP contribution >= 0.6 is 0 Å². The van der Waals surface area contributed by atoms with Crippen LogP contribution in [0.5, 0.6) is 11.5 Å². The lowest BCUT2D eigenvalue weighted by molar-refractivity contribution is -0.177. The lowest BCUT2D eigenvalue weighted by Crippen LogP contribution is -2.74. The molecule has 10 nitrogen and oxygen atoms in total. The van der Waals surface area contributed by atoms with E-state index in [1.165, 1.54) is 12.1 Å². The monoisotopic (exact) mass is 433 g/mol. The van der Waals surface area contributed by atoms with Crippen LogP contribution in [0, 0.1) is 0 Å². The van der Waals surface area contributed by atoms with E-state index in [-0.39, 0.29) is 29.7 Å². The molecule has 1 aromatic rings. The van der Waals surface area contributed by atoms with Crippen molar-refractivity contribution in [2.75, 3.05) is 13.6 Å². The number of carboxylic acid groups (broad SMARTS) is 1. The number of likely N-dealkylation sites (N-methyl/N-ethyl adjacent to an activating group) is 1. The summed E-state index contributed by atoms with van der Waals surface area (Å²) in [6, 6.07) is 3.12. The highest BCUT2D eigenvalue weighted by molar-refractivity contribution is 5.85. The highest BCUT2D eigenvalue weighted by Crippen LogP contribution is 2.65. The first-order valence-electron chi connectivity index (χ1n) is 10.1. The second-order valence-electron chi connectivity index (χ2n) is 8.75. The summed E-state index contributed by atoms with van der Waals surface area (Å²) in [6.07, 6.45) is -2.91. The Morgan fingerprint density at radius 3 is 2.74 bits per heavy atom. The van der Waals surface area contributed by atoms with E-state index in [2.05, 4.69) is 4.90 Å². The van der Waals surface area contributed by atoms with Gasteiger partial charge in [-0.15, -0.1) is 0 Å². The van der Waals surface area contributed by atoms with E-state index in [1.807, 2.05) is 13.1 Å². The summed E-state index contributed by atoms with van der Waals surface area (Å²) in [7, 11) is 1.94. The summed E-state index contributed by atoms with van der Waals surface area (Å²) in [6.45, 7) is 0.642. The van der Waals surface area contributed by atoms with Crippen LogP contribution in [-0.2, 0) is 26.2 Å². The number of phenols is 1. The molecule has 2 unspecified atom stereocenters. The number of phenolic OH excluding ortho intramolecular Hbond substituents is 1. The first-order valence-corrected chi connectivity index (χ1v) is 10.1. The smallest absolute Gasteiger partial charge is 0.343 e. The van der Waals surface area contributed by atoms with E-state index in [0.717, 1.165) is 5.56 Å². The third-order valence-electron chi connectivity index (χ3n) is 7.37. The van der Waals surface area contributed by atoms with E-state index < -0.39 is 41.3 Å². The van der Waals surface area contributed by atoms with Crippen molar-refractivity contribution in [1.29, 1.82) is 0 Å². The number of ether oxygens (including phenoxy) is 2. The van der Waals surface area contributed by atoms with Crippen molar-refractivity contribution in [2.45, 2.75) is 54.6 Å². The standard InChI is InChI=1S/C21H23NO9/c1-22-7-6-20-13-9-2-3-10(23)16(13)31-17(20)11(4-5-21(20,29)12(22)8-9)30-19(28)15(25)14(24)18(26)27/h2-4,12,14-15,17,23-25,29H,5-8H2,1H3,(H,26,27)/t12-,14-,15-,17?,20?,21-/m1/s1. The number of likely N-dealkylation sites (tertiary alicyclic amines) is 1. The van der Waals surface area contributed by atoms with Gasteiger partial charge < -0.3 is 39.9 Å². The normalized spacial score (nSPS) is 34.8. The summed E-state index contributed by atoms with van der Waals surface area (Å²) in [5, 5.41) is 50.5. The largest absolute Gasteiger partial charge is 0.504 e. The molecule has 2 bridgehead atoms. The molecule has 1 spiro atoms. The fourth-order valence-corrected chi connectivity index (χ4v) is 5.88. The minimum absolute atomic E-state index is 0.0121. The van der Waals surface area contributed by atoms with Crippen molar-refractivity contribution in [3.8, 4) is 11.5 Å². The highest BCUT2D eigenvalue weighted by Gasteiger charge is 2.72. The summed E-state index contributed by atoms with van der Waals surface area (Å²) < 4.78 is 11.4. The molecule has 166 valence electrons. The molecular formula is C21H23NO9. The SMILES string of the molecule is CN1CCC23c4c5ccc(O)c4OC2C(OC(=O)[C@H](O)[C@@H](O)C(=O)O)=CC[C@@]3(O)[C@H]1C5. The number of nitrogens with zero attached hydrogens (tertiary/aromatic N) is 1. The number of hydrogen-bond donors (Lipinski definition) is 5. The first kappa shape index (κ1) is 20.3. The molecule has 1 saturated heterocycles. The molecule has 10 heteroatoms. The lowest BCUT2D eigenvalue weighted by atomic mass is 9.50. The van der Waals surface area contributed by atoms with Crippen molar-refractivity contribution in [2.24, 2.45) is 0 Å². The van der Waals surface area contributed by atoms with Crippen molar-refractivity contribution < 1.29 is 44.6 Å². The van der Waals surface area contributed by atoms with Crippen LogP contribution in [0.4, 0.5) is 0 Å². The molecule has 0 radical (unpaired) electrons. The number of piperidine rings is 1. The van der Waals surface area contributed by atoms with Crippen LogP contribution in [0.2, 0.25) is 0 Å². The van der Waals surface area contributed by atoms with Gasteiger partial charge in [-0.3, -0.25) is 0 Å².